The molecule has 4 amide bonds. The first-order valence-electron chi connectivity index (χ1n) is 45.6. The minimum absolute atomic E-state index is 0.148. The van der Waals surface area contributed by atoms with Gasteiger partial charge in [-0.25, -0.2) is 9.80 Å². The predicted octanol–water partition coefficient (Wildman–Crippen LogP) is 32.9. The van der Waals surface area contributed by atoms with Gasteiger partial charge in [-0.1, -0.05) is 237 Å². The molecule has 0 N–H and O–H groups in total. The van der Waals surface area contributed by atoms with Crippen molar-refractivity contribution in [3.8, 4) is 46.0 Å². The van der Waals surface area contributed by atoms with E-state index < -0.39 is 23.6 Å². The van der Waals surface area contributed by atoms with Crippen molar-refractivity contribution in [2.45, 2.75) is 79.1 Å². The number of hydrogen-bond donors (Lipinski definition) is 0. The van der Waals surface area contributed by atoms with E-state index in [0.717, 1.165) is 90.5 Å². The fourth-order valence-electron chi connectivity index (χ4n) is 19.3. The molecular formula is C120H94N6O8. The van der Waals surface area contributed by atoms with Gasteiger partial charge in [0.1, 0.15) is 46.0 Å². The van der Waals surface area contributed by atoms with Gasteiger partial charge in [-0.3, -0.25) is 19.2 Å². The topological polar surface area (TPSA) is 125 Å². The van der Waals surface area contributed by atoms with Crippen molar-refractivity contribution < 1.29 is 38.1 Å². The molecule has 14 heteroatoms. The average Bonchev–Trinajstić information content (AvgIpc) is 0.667. The van der Waals surface area contributed by atoms with Crippen LogP contribution in [-0.4, -0.2) is 23.6 Å². The largest absolute Gasteiger partial charge is 0.457 e. The van der Waals surface area contributed by atoms with Crippen LogP contribution < -0.4 is 48.3 Å². The van der Waals surface area contributed by atoms with Crippen LogP contribution in [0, 0.1) is 0 Å². The van der Waals surface area contributed by atoms with Gasteiger partial charge < -0.3 is 38.5 Å². The third kappa shape index (κ3) is 15.1. The first-order valence-corrected chi connectivity index (χ1v) is 45.6. The molecule has 0 fully saturated rings. The Morgan fingerprint density at radius 2 is 0.351 bits per heavy atom. The Hall–Kier alpha value is -16.8. The number of benzene rings is 19. The summed E-state index contributed by atoms with van der Waals surface area (Å²) in [7, 11) is 0. The third-order valence-electron chi connectivity index (χ3n) is 25.4. The second kappa shape index (κ2) is 35.2. The Labute approximate surface area is 778 Å². The SMILES string of the molecule is CC(C)c1cccc(C(C)C)c1N1C(=O)c2cc(Oc3ccc(N(c4ccccc4)c4ccccc4)cc3)c3c4c(Oc5ccc(N(c6ccccc6)c6ccccc6)cc5)cc5c6c(cc(Oc7ccc(N(c8ccccc8)c8ccccc8)cc7)c(c7c(Oc8ccc(N(c9ccccc9)c9ccccc9)cc8)cc(c2c37)C1=O)c64)C(=O)N(c1c(C(C)C)cccc1C(C)C)C5=O. The molecule has 0 bridgehead atoms. The summed E-state index contributed by atoms with van der Waals surface area (Å²) in [6.45, 7) is 16.6. The van der Waals surface area contributed by atoms with Crippen LogP contribution in [0.5, 0.6) is 46.0 Å². The van der Waals surface area contributed by atoms with E-state index in [-0.39, 0.29) is 68.9 Å². The molecule has 0 aliphatic carbocycles. The number of carbonyl (C=O) groups excluding carboxylic acids is 4. The monoisotopic (exact) mass is 1750 g/mol. The second-order valence-electron chi connectivity index (χ2n) is 35.2. The number of rotatable bonds is 26. The van der Waals surface area contributed by atoms with Crippen molar-refractivity contribution in [3.63, 3.8) is 0 Å². The number of imide groups is 2. The Balaban J connectivity index is 0.897. The van der Waals surface area contributed by atoms with Gasteiger partial charge in [-0.15, -0.1) is 0 Å². The fourth-order valence-corrected chi connectivity index (χ4v) is 19.3. The lowest BCUT2D eigenvalue weighted by Crippen LogP contribution is -2.42. The van der Waals surface area contributed by atoms with Crippen LogP contribution in [0.3, 0.4) is 0 Å². The van der Waals surface area contributed by atoms with Crippen molar-refractivity contribution in [2.75, 3.05) is 29.4 Å². The zero-order chi connectivity index (χ0) is 91.5. The highest BCUT2D eigenvalue weighted by atomic mass is 16.5. The summed E-state index contributed by atoms with van der Waals surface area (Å²) >= 11 is 0. The summed E-state index contributed by atoms with van der Waals surface area (Å²) in [5, 5.41) is 2.73. The number of carbonyl (C=O) groups is 4. The van der Waals surface area contributed by atoms with Gasteiger partial charge in [0.25, 0.3) is 23.6 Å². The summed E-state index contributed by atoms with van der Waals surface area (Å²) in [5.74, 6) is -0.830. The van der Waals surface area contributed by atoms with Crippen LogP contribution in [0.25, 0.3) is 43.1 Å². The number of amides is 4. The van der Waals surface area contributed by atoms with Crippen LogP contribution in [0.15, 0.2) is 400 Å². The van der Waals surface area contributed by atoms with E-state index in [9.17, 15) is 0 Å². The first kappa shape index (κ1) is 84.0. The Morgan fingerprint density at radius 1 is 0.187 bits per heavy atom. The minimum Gasteiger partial charge on any atom is -0.457 e. The highest BCUT2D eigenvalue weighted by molar-refractivity contribution is 6.48. The smallest absolute Gasteiger partial charge is 0.266 e. The van der Waals surface area contributed by atoms with Crippen LogP contribution in [0.2, 0.25) is 0 Å². The van der Waals surface area contributed by atoms with E-state index in [4.69, 9.17) is 18.9 Å². The van der Waals surface area contributed by atoms with Crippen LogP contribution in [-0.2, 0) is 0 Å². The normalized spacial score (nSPS) is 12.5. The number of ether oxygens (including phenoxy) is 4. The fraction of sp³-hybridized carbons (Fsp3) is 0.100. The zero-order valence-electron chi connectivity index (χ0n) is 75.4. The Bertz CT molecular complexity index is 6610. The number of hydrogen-bond acceptors (Lipinski definition) is 12. The van der Waals surface area contributed by atoms with Gasteiger partial charge >= 0.3 is 0 Å². The Kier molecular flexibility index (Phi) is 22.1. The molecule has 19 aromatic carbocycles. The third-order valence-corrected chi connectivity index (χ3v) is 25.4. The number of anilines is 14. The molecule has 14 nitrogen and oxygen atoms in total. The van der Waals surface area contributed by atoms with Crippen molar-refractivity contribution >= 4 is 146 Å². The molecule has 652 valence electrons. The summed E-state index contributed by atoms with van der Waals surface area (Å²) in [6, 6.07) is 132. The first-order chi connectivity index (χ1) is 65.5. The molecule has 2 aliphatic rings. The lowest BCUT2D eigenvalue weighted by Gasteiger charge is -2.35. The maximum Gasteiger partial charge on any atom is 0.266 e. The summed E-state index contributed by atoms with van der Waals surface area (Å²) in [4.78, 5) is 80.5. The molecule has 0 unspecified atom stereocenters. The van der Waals surface area contributed by atoms with E-state index in [0.29, 0.717) is 77.5 Å². The molecule has 0 saturated carbocycles. The molecule has 134 heavy (non-hydrogen) atoms. The quantitative estimate of drug-likeness (QED) is 0.0291. The molecule has 21 rings (SSSR count). The minimum atomic E-state index is -0.592. The molecule has 0 atom stereocenters. The van der Waals surface area contributed by atoms with Gasteiger partial charge in [0.05, 0.1) is 33.6 Å². The van der Waals surface area contributed by atoms with Crippen molar-refractivity contribution in [1.82, 2.24) is 0 Å². The van der Waals surface area contributed by atoms with Crippen molar-refractivity contribution in [1.29, 1.82) is 0 Å². The summed E-state index contributed by atoms with van der Waals surface area (Å²) in [6.07, 6.45) is 0. The molecule has 0 radical (unpaired) electrons. The standard InChI is InChI=1S/C120H94N6O8/c1-75(2)95-51-33-52-96(76(3)4)115(95)125-117(127)99-71-103(131-91-63-55-87(56-64-91)121(79-35-17-9-18-36-79)80-37-19-10-20-38-80)109-111-105(133-93-67-59-89(60-68-93)123(83-43-25-13-26-44-83)84-45-27-14-28-46-84)73-101-108-102(120(130)126(119(101)129)116-97(77(5)6)53-34-54-98(116)78(7)8)74-106(134-94-69-61-90(62-70-94)124(85-47-29-15-30-48-85)86-49-31-16-32-50-86)112(114(108)111)110-104(72-100(118(125)128)107(99)113(109)110)132-92-65-57-88(58-66-92)122(81-39-21-11-22-40-81)82-41-23-12-24-42-82/h9-78H,1-8H3. The lowest BCUT2D eigenvalue weighted by molar-refractivity contribution is 0.0877. The van der Waals surface area contributed by atoms with Gasteiger partial charge in [-0.2, -0.15) is 0 Å². The molecule has 2 heterocycles. The molecule has 0 aromatic heterocycles. The van der Waals surface area contributed by atoms with E-state index >= 15 is 19.2 Å². The van der Waals surface area contributed by atoms with Crippen molar-refractivity contribution in [3.05, 3.63) is 445 Å². The van der Waals surface area contributed by atoms with Crippen LogP contribution in [0.1, 0.15) is 143 Å². The van der Waals surface area contributed by atoms with Gasteiger partial charge in [-0.05, 0) is 264 Å². The molecule has 0 saturated heterocycles. The average molecular weight is 1750 g/mol. The highest BCUT2D eigenvalue weighted by Gasteiger charge is 2.45. The van der Waals surface area contributed by atoms with E-state index in [1.54, 1.807) is 24.3 Å². The molecular weight excluding hydrogens is 1650 g/mol. The number of nitrogens with zero attached hydrogens (tertiary/aromatic N) is 6. The maximum atomic E-state index is 17.3. The lowest BCUT2D eigenvalue weighted by atomic mass is 9.80. The predicted molar refractivity (Wildman–Crippen MR) is 544 cm³/mol. The van der Waals surface area contributed by atoms with Crippen LogP contribution >= 0.6 is 0 Å². The molecule has 0 spiro atoms. The van der Waals surface area contributed by atoms with Crippen LogP contribution in [0.4, 0.5) is 79.6 Å². The van der Waals surface area contributed by atoms with Gasteiger partial charge in [0.2, 0.25) is 0 Å². The number of para-hydroxylation sites is 10. The second-order valence-corrected chi connectivity index (χ2v) is 35.2. The van der Waals surface area contributed by atoms with Gasteiger partial charge in [0, 0.05) is 111 Å². The molecule has 2 aliphatic heterocycles. The highest BCUT2D eigenvalue weighted by Crippen LogP contribution is 2.60. The van der Waals surface area contributed by atoms with Gasteiger partial charge in [0.15, 0.2) is 0 Å². The molecule has 19 aromatic rings. The Morgan fingerprint density at radius 3 is 0.515 bits per heavy atom. The summed E-state index contributed by atoms with van der Waals surface area (Å²) < 4.78 is 31.1. The van der Waals surface area contributed by atoms with E-state index in [1.807, 2.05) is 279 Å². The maximum absolute atomic E-state index is 17.3. The number of fused-ring (bicyclic) bond motifs is 2. The summed E-state index contributed by atoms with van der Waals surface area (Å²) in [5.41, 5.74) is 15.5. The van der Waals surface area contributed by atoms with Crippen molar-refractivity contribution in [2.24, 2.45) is 0 Å². The van der Waals surface area contributed by atoms with E-state index in [2.05, 4.69) is 172 Å². The zero-order valence-corrected chi connectivity index (χ0v) is 75.4. The van der Waals surface area contributed by atoms with E-state index in [1.165, 1.54) is 9.80 Å².